The second-order valence-electron chi connectivity index (χ2n) is 7.93. The van der Waals surface area contributed by atoms with Gasteiger partial charge in [-0.1, -0.05) is 17.7 Å². The summed E-state index contributed by atoms with van der Waals surface area (Å²) in [5.41, 5.74) is 3.81. The van der Waals surface area contributed by atoms with Crippen LogP contribution in [0.4, 0.5) is 31.9 Å². The average Bonchev–Trinajstić information content (AvgIpc) is 3.31. The van der Waals surface area contributed by atoms with Crippen LogP contribution in [0.2, 0.25) is 5.02 Å². The number of anilines is 4. The lowest BCUT2D eigenvalue weighted by Crippen LogP contribution is -2.24. The molecule has 0 saturated carbocycles. The molecule has 3 amide bonds. The summed E-state index contributed by atoms with van der Waals surface area (Å²) >= 11 is 6.06. The number of benzene rings is 3. The van der Waals surface area contributed by atoms with Crippen LogP contribution in [0.25, 0.3) is 0 Å². The Hall–Kier alpha value is -3.58. The number of carbonyl (C=O) groups excluding carboxylic acids is 2. The van der Waals surface area contributed by atoms with Gasteiger partial charge in [0.1, 0.15) is 5.82 Å². The molecule has 4 rings (SSSR count). The predicted molar refractivity (Wildman–Crippen MR) is 131 cm³/mol. The van der Waals surface area contributed by atoms with E-state index in [0.717, 1.165) is 37.2 Å². The maximum absolute atomic E-state index is 13.2. The van der Waals surface area contributed by atoms with E-state index in [1.54, 1.807) is 24.3 Å². The number of amides is 3. The summed E-state index contributed by atoms with van der Waals surface area (Å²) in [6, 6.07) is 15.6. The Bertz CT molecular complexity index is 1180. The normalized spacial score (nSPS) is 13.0. The molecule has 1 aliphatic heterocycles. The van der Waals surface area contributed by atoms with E-state index >= 15 is 0 Å². The van der Waals surface area contributed by atoms with Gasteiger partial charge < -0.3 is 20.9 Å². The second-order valence-corrected chi connectivity index (χ2v) is 8.36. The van der Waals surface area contributed by atoms with Gasteiger partial charge in [-0.2, -0.15) is 0 Å². The maximum atomic E-state index is 13.2. The van der Waals surface area contributed by atoms with E-state index in [9.17, 15) is 14.0 Å². The first-order valence-electron chi connectivity index (χ1n) is 10.7. The van der Waals surface area contributed by atoms with Crippen molar-refractivity contribution in [3.8, 4) is 0 Å². The van der Waals surface area contributed by atoms with Crippen molar-refractivity contribution in [3.05, 3.63) is 82.6 Å². The van der Waals surface area contributed by atoms with Crippen LogP contribution in [-0.4, -0.2) is 25.0 Å². The number of halogens is 2. The molecule has 6 nitrogen and oxygen atoms in total. The van der Waals surface area contributed by atoms with E-state index in [1.165, 1.54) is 24.3 Å². The maximum Gasteiger partial charge on any atom is 0.323 e. The zero-order valence-corrected chi connectivity index (χ0v) is 18.9. The van der Waals surface area contributed by atoms with Gasteiger partial charge >= 0.3 is 6.03 Å². The Labute approximate surface area is 196 Å². The van der Waals surface area contributed by atoms with Crippen LogP contribution in [0.5, 0.6) is 0 Å². The van der Waals surface area contributed by atoms with Crippen LogP contribution in [0.1, 0.15) is 28.8 Å². The highest BCUT2D eigenvalue weighted by atomic mass is 35.5. The third-order valence-corrected chi connectivity index (χ3v) is 5.74. The molecule has 0 bridgehead atoms. The van der Waals surface area contributed by atoms with Gasteiger partial charge in [-0.05, 0) is 79.9 Å². The standard InChI is InChI=1S/C25H24ClFN4O2/c1-16-4-7-18(26)14-21(16)29-25(33)30-22-15-20(10-11-23(22)31-12-2-3-13-31)28-24(32)17-5-8-19(27)9-6-17/h4-11,14-15H,2-3,12-13H2,1H3,(H,28,32)(H2,29,30,33). The lowest BCUT2D eigenvalue weighted by Gasteiger charge is -2.23. The van der Waals surface area contributed by atoms with Crippen LogP contribution in [0.3, 0.4) is 0 Å². The molecule has 1 fully saturated rings. The molecule has 1 saturated heterocycles. The molecule has 3 N–H and O–H groups in total. The molecule has 1 aliphatic rings. The SMILES string of the molecule is Cc1ccc(Cl)cc1NC(=O)Nc1cc(NC(=O)c2ccc(F)cc2)ccc1N1CCCC1. The second kappa shape index (κ2) is 9.92. The first-order chi connectivity index (χ1) is 15.9. The highest BCUT2D eigenvalue weighted by Crippen LogP contribution is 2.32. The minimum absolute atomic E-state index is 0.337. The molecule has 0 unspecified atom stereocenters. The van der Waals surface area contributed by atoms with E-state index in [0.29, 0.717) is 27.6 Å². The Balaban J connectivity index is 1.56. The van der Waals surface area contributed by atoms with Crippen molar-refractivity contribution in [2.24, 2.45) is 0 Å². The molecule has 0 atom stereocenters. The number of rotatable bonds is 5. The zero-order valence-electron chi connectivity index (χ0n) is 18.1. The summed E-state index contributed by atoms with van der Waals surface area (Å²) < 4.78 is 13.2. The number of aryl methyl sites for hydroxylation is 1. The van der Waals surface area contributed by atoms with Crippen LogP contribution in [0.15, 0.2) is 60.7 Å². The van der Waals surface area contributed by atoms with E-state index in [2.05, 4.69) is 20.9 Å². The molecule has 1 heterocycles. The van der Waals surface area contributed by atoms with Crippen molar-refractivity contribution in [3.63, 3.8) is 0 Å². The highest BCUT2D eigenvalue weighted by Gasteiger charge is 2.18. The van der Waals surface area contributed by atoms with Gasteiger partial charge in [0.05, 0.1) is 11.4 Å². The van der Waals surface area contributed by atoms with Gasteiger partial charge in [0.15, 0.2) is 0 Å². The topological polar surface area (TPSA) is 73.5 Å². The lowest BCUT2D eigenvalue weighted by molar-refractivity contribution is 0.102. The summed E-state index contributed by atoms with van der Waals surface area (Å²) in [6.45, 7) is 3.67. The first-order valence-corrected chi connectivity index (χ1v) is 11.1. The molecule has 0 radical (unpaired) electrons. The van der Waals surface area contributed by atoms with Crippen LogP contribution >= 0.6 is 11.6 Å². The van der Waals surface area contributed by atoms with E-state index in [-0.39, 0.29) is 5.91 Å². The molecule has 3 aromatic carbocycles. The van der Waals surface area contributed by atoms with E-state index in [1.807, 2.05) is 19.1 Å². The molecule has 0 spiro atoms. The van der Waals surface area contributed by atoms with Crippen LogP contribution < -0.4 is 20.9 Å². The van der Waals surface area contributed by atoms with E-state index in [4.69, 9.17) is 11.6 Å². The number of urea groups is 1. The highest BCUT2D eigenvalue weighted by molar-refractivity contribution is 6.31. The van der Waals surface area contributed by atoms with Crippen LogP contribution in [0, 0.1) is 12.7 Å². The molecular weight excluding hydrogens is 443 g/mol. The molecular formula is C25H24ClFN4O2. The third kappa shape index (κ3) is 5.62. The summed E-state index contributed by atoms with van der Waals surface area (Å²) in [6.07, 6.45) is 2.16. The molecule has 8 heteroatoms. The van der Waals surface area contributed by atoms with Crippen molar-refractivity contribution in [2.75, 3.05) is 33.9 Å². The van der Waals surface area contributed by atoms with E-state index < -0.39 is 11.8 Å². The smallest absolute Gasteiger partial charge is 0.323 e. The number of hydrogen-bond acceptors (Lipinski definition) is 3. The minimum Gasteiger partial charge on any atom is -0.370 e. The number of carbonyl (C=O) groups is 2. The van der Waals surface area contributed by atoms with Crippen molar-refractivity contribution in [1.29, 1.82) is 0 Å². The third-order valence-electron chi connectivity index (χ3n) is 5.50. The van der Waals surface area contributed by atoms with Gasteiger partial charge in [-0.15, -0.1) is 0 Å². The van der Waals surface area contributed by atoms with Crippen LogP contribution in [-0.2, 0) is 0 Å². The van der Waals surface area contributed by atoms with Crippen molar-refractivity contribution in [2.45, 2.75) is 19.8 Å². The molecule has 0 aromatic heterocycles. The van der Waals surface area contributed by atoms with Gasteiger partial charge in [0.25, 0.3) is 5.91 Å². The van der Waals surface area contributed by atoms with Gasteiger partial charge in [-0.3, -0.25) is 4.79 Å². The van der Waals surface area contributed by atoms with Crippen molar-refractivity contribution >= 4 is 46.3 Å². The summed E-state index contributed by atoms with van der Waals surface area (Å²) in [5, 5.41) is 9.07. The van der Waals surface area contributed by atoms with Gasteiger partial charge in [-0.25, -0.2) is 9.18 Å². The number of nitrogens with one attached hydrogen (secondary N) is 3. The Morgan fingerprint density at radius 2 is 1.58 bits per heavy atom. The number of nitrogens with zero attached hydrogens (tertiary/aromatic N) is 1. The quantitative estimate of drug-likeness (QED) is 0.414. The first kappa shape index (κ1) is 22.6. The largest absolute Gasteiger partial charge is 0.370 e. The summed E-state index contributed by atoms with van der Waals surface area (Å²) in [4.78, 5) is 27.5. The Morgan fingerprint density at radius 3 is 2.30 bits per heavy atom. The summed E-state index contributed by atoms with van der Waals surface area (Å²) in [5.74, 6) is -0.775. The van der Waals surface area contributed by atoms with Gasteiger partial charge in [0, 0.05) is 35.1 Å². The Kier molecular flexibility index (Phi) is 6.79. The fourth-order valence-electron chi connectivity index (χ4n) is 3.76. The van der Waals surface area contributed by atoms with Gasteiger partial charge in [0.2, 0.25) is 0 Å². The fraction of sp³-hybridized carbons (Fsp3) is 0.200. The zero-order chi connectivity index (χ0) is 23.4. The summed E-state index contributed by atoms with van der Waals surface area (Å²) in [7, 11) is 0. The van der Waals surface area contributed by atoms with Crippen molar-refractivity contribution < 1.29 is 14.0 Å². The lowest BCUT2D eigenvalue weighted by atomic mass is 10.2. The molecule has 0 aliphatic carbocycles. The predicted octanol–water partition coefficient (Wildman–Crippen LogP) is 6.28. The monoisotopic (exact) mass is 466 g/mol. The molecule has 3 aromatic rings. The Morgan fingerprint density at radius 1 is 0.879 bits per heavy atom. The van der Waals surface area contributed by atoms with Crippen molar-refractivity contribution in [1.82, 2.24) is 0 Å². The fourth-order valence-corrected chi connectivity index (χ4v) is 3.93. The minimum atomic E-state index is -0.414. The molecule has 33 heavy (non-hydrogen) atoms. The number of hydrogen-bond donors (Lipinski definition) is 3. The average molecular weight is 467 g/mol. The molecule has 170 valence electrons.